The SMILES string of the molecule is CN(CCOCCOCCCc1ccc2c(c1)CN(C1CCC(=O)NC1=O)C2=O)Cc1ccc(-n2cc(NC(=O)c3coc(-c4ccnc(NCC5CC5)c4)n3)c(C(N)=O)n2)cc1. The van der Waals surface area contributed by atoms with Crippen molar-refractivity contribution in [1.29, 1.82) is 0 Å². The molecule has 328 valence electrons. The Morgan fingerprint density at radius 3 is 2.56 bits per heavy atom. The first-order valence-corrected chi connectivity index (χ1v) is 21.1. The molecule has 18 nitrogen and oxygen atoms in total. The summed E-state index contributed by atoms with van der Waals surface area (Å²) >= 11 is 0. The maximum atomic E-state index is 13.2. The lowest BCUT2D eigenvalue weighted by atomic mass is 10.0. The van der Waals surface area contributed by atoms with Gasteiger partial charge in [-0.1, -0.05) is 24.3 Å². The molecule has 0 spiro atoms. The Labute approximate surface area is 363 Å². The number of fused-ring (bicyclic) bond motifs is 1. The molecule has 3 aromatic heterocycles. The monoisotopic (exact) mass is 858 g/mol. The second kappa shape index (κ2) is 19.5. The average molecular weight is 859 g/mol. The third-order valence-corrected chi connectivity index (χ3v) is 11.2. The molecule has 18 heteroatoms. The molecule has 1 atom stereocenters. The Balaban J connectivity index is 0.727. The van der Waals surface area contributed by atoms with Crippen molar-refractivity contribution in [2.24, 2.45) is 11.7 Å². The van der Waals surface area contributed by atoms with Gasteiger partial charge in [0.05, 0.1) is 37.4 Å². The highest BCUT2D eigenvalue weighted by molar-refractivity contribution is 6.07. The van der Waals surface area contributed by atoms with Crippen LogP contribution in [0.25, 0.3) is 17.1 Å². The van der Waals surface area contributed by atoms with Gasteiger partial charge in [-0.3, -0.25) is 34.2 Å². The molecule has 8 rings (SSSR count). The first-order chi connectivity index (χ1) is 30.6. The molecule has 5 amide bonds. The van der Waals surface area contributed by atoms with Gasteiger partial charge in [-0.25, -0.2) is 14.6 Å². The number of ether oxygens (including phenoxy) is 2. The number of primary amides is 1. The third kappa shape index (κ3) is 10.8. The van der Waals surface area contributed by atoms with Crippen LogP contribution in [0.15, 0.2) is 77.7 Å². The van der Waals surface area contributed by atoms with Crippen LogP contribution in [-0.4, -0.2) is 112 Å². The number of carbonyl (C=O) groups is 5. The maximum absolute atomic E-state index is 13.2. The summed E-state index contributed by atoms with van der Waals surface area (Å²) < 4.78 is 18.7. The number of aromatic nitrogens is 4. The normalized spacial score (nSPS) is 16.1. The van der Waals surface area contributed by atoms with Crippen LogP contribution >= 0.6 is 0 Å². The Kier molecular flexibility index (Phi) is 13.3. The topological polar surface area (TPSA) is 229 Å². The molecule has 1 aliphatic carbocycles. The molecule has 5 heterocycles. The summed E-state index contributed by atoms with van der Waals surface area (Å²) in [6.45, 7) is 4.68. The summed E-state index contributed by atoms with van der Waals surface area (Å²) in [5, 5.41) is 12.7. The quantitative estimate of drug-likeness (QED) is 0.0606. The van der Waals surface area contributed by atoms with Gasteiger partial charge in [-0.05, 0) is 92.1 Å². The predicted molar refractivity (Wildman–Crippen MR) is 230 cm³/mol. The smallest absolute Gasteiger partial charge is 0.277 e. The molecule has 0 radical (unpaired) electrons. The number of imide groups is 1. The Bertz CT molecular complexity index is 2480. The molecule has 2 aromatic carbocycles. The zero-order chi connectivity index (χ0) is 43.9. The Hall–Kier alpha value is -6.76. The number of rotatable bonds is 21. The number of nitrogens with two attached hydrogens (primary N) is 1. The molecule has 2 fully saturated rings. The number of nitrogens with zero attached hydrogens (tertiary/aromatic N) is 6. The molecule has 5 aromatic rings. The van der Waals surface area contributed by atoms with Gasteiger partial charge in [0, 0.05) is 56.5 Å². The molecule has 5 N–H and O–H groups in total. The van der Waals surface area contributed by atoms with Gasteiger partial charge < -0.3 is 35.2 Å². The summed E-state index contributed by atoms with van der Waals surface area (Å²) in [6.07, 6.45) is 9.06. The maximum Gasteiger partial charge on any atom is 0.277 e. The average Bonchev–Trinajstić information content (AvgIpc) is 3.63. The fourth-order valence-electron chi connectivity index (χ4n) is 7.56. The second-order valence-electron chi connectivity index (χ2n) is 16.1. The van der Waals surface area contributed by atoms with Crippen molar-refractivity contribution in [1.82, 2.24) is 34.9 Å². The van der Waals surface area contributed by atoms with Crippen molar-refractivity contribution in [3.05, 3.63) is 107 Å². The van der Waals surface area contributed by atoms with Gasteiger partial charge >= 0.3 is 0 Å². The molecular formula is C45H50N10O8. The van der Waals surface area contributed by atoms with E-state index in [1.54, 1.807) is 17.2 Å². The standard InChI is InChI=1S/C45H50N10O8/c1-53(16-18-62-20-19-61-17-2-3-28-8-11-34-32(21-28)25-54(45(34)60)37-12-13-39(56)51-43(37)59)24-30-6-9-33(10-7-30)55-26-35(40(52-55)41(46)57)49-42(58)36-27-63-44(50-36)31-14-15-47-38(22-31)48-23-29-4-5-29/h6-11,14-15,21-22,26-27,29,37H,2-5,12-13,16-20,23-25H2,1H3,(H2,46,57)(H,47,48)(H,49,58)(H,51,56,59). The van der Waals surface area contributed by atoms with Gasteiger partial charge in [0.15, 0.2) is 11.4 Å². The predicted octanol–water partition coefficient (Wildman–Crippen LogP) is 3.95. The van der Waals surface area contributed by atoms with E-state index >= 15 is 0 Å². The van der Waals surface area contributed by atoms with Gasteiger partial charge in [-0.2, -0.15) is 5.10 Å². The summed E-state index contributed by atoms with van der Waals surface area (Å²) in [5.41, 5.74) is 10.7. The van der Waals surface area contributed by atoms with E-state index in [9.17, 15) is 24.0 Å². The Morgan fingerprint density at radius 2 is 1.78 bits per heavy atom. The van der Waals surface area contributed by atoms with Crippen LogP contribution in [0.1, 0.15) is 80.1 Å². The van der Waals surface area contributed by atoms with Crippen molar-refractivity contribution in [3.8, 4) is 17.1 Å². The van der Waals surface area contributed by atoms with E-state index in [0.29, 0.717) is 81.0 Å². The lowest BCUT2D eigenvalue weighted by molar-refractivity contribution is -0.136. The molecule has 1 unspecified atom stereocenters. The molecule has 2 aliphatic heterocycles. The van der Waals surface area contributed by atoms with E-state index in [1.165, 1.54) is 30.0 Å². The number of anilines is 2. The number of hydrogen-bond donors (Lipinski definition) is 4. The first-order valence-electron chi connectivity index (χ1n) is 21.1. The lowest BCUT2D eigenvalue weighted by Crippen LogP contribution is -2.52. The fourth-order valence-corrected chi connectivity index (χ4v) is 7.56. The summed E-state index contributed by atoms with van der Waals surface area (Å²) in [7, 11) is 2.01. The van der Waals surface area contributed by atoms with Crippen molar-refractivity contribution in [2.45, 2.75) is 57.7 Å². The number of aryl methyl sites for hydroxylation is 1. The summed E-state index contributed by atoms with van der Waals surface area (Å²) in [6, 6.07) is 16.4. The largest absolute Gasteiger partial charge is 0.444 e. The lowest BCUT2D eigenvalue weighted by Gasteiger charge is -2.29. The minimum Gasteiger partial charge on any atom is -0.444 e. The zero-order valence-electron chi connectivity index (χ0n) is 35.0. The van der Waals surface area contributed by atoms with E-state index < -0.39 is 23.8 Å². The van der Waals surface area contributed by atoms with Crippen molar-refractivity contribution in [3.63, 3.8) is 0 Å². The van der Waals surface area contributed by atoms with Crippen LogP contribution in [-0.2, 0) is 38.6 Å². The van der Waals surface area contributed by atoms with Gasteiger partial charge in [-0.15, -0.1) is 0 Å². The number of carbonyl (C=O) groups excluding carboxylic acids is 5. The van der Waals surface area contributed by atoms with Crippen LogP contribution < -0.4 is 21.7 Å². The van der Waals surface area contributed by atoms with Crippen molar-refractivity contribution >= 4 is 41.0 Å². The minimum absolute atomic E-state index is 0.0225. The molecule has 3 aliphatic rings. The number of pyridine rings is 1. The molecule has 63 heavy (non-hydrogen) atoms. The highest BCUT2D eigenvalue weighted by atomic mass is 16.5. The fraction of sp³-hybridized carbons (Fsp3) is 0.378. The van der Waals surface area contributed by atoms with Gasteiger partial charge in [0.1, 0.15) is 18.1 Å². The van der Waals surface area contributed by atoms with Crippen LogP contribution in [0.2, 0.25) is 0 Å². The third-order valence-electron chi connectivity index (χ3n) is 11.2. The van der Waals surface area contributed by atoms with Crippen LogP contribution in [0.5, 0.6) is 0 Å². The first kappa shape index (κ1) is 42.9. The van der Waals surface area contributed by atoms with Gasteiger partial charge in [0.2, 0.25) is 17.7 Å². The molecule has 1 saturated carbocycles. The highest BCUT2D eigenvalue weighted by Crippen LogP contribution is 2.30. The van der Waals surface area contributed by atoms with Crippen molar-refractivity contribution < 1.29 is 37.9 Å². The van der Waals surface area contributed by atoms with Gasteiger partial charge in [0.25, 0.3) is 17.7 Å². The summed E-state index contributed by atoms with van der Waals surface area (Å²) in [5.74, 6) is -0.618. The molecule has 1 saturated heterocycles. The van der Waals surface area contributed by atoms with E-state index in [1.807, 2.05) is 55.6 Å². The molecular weight excluding hydrogens is 809 g/mol. The molecule has 0 bridgehead atoms. The van der Waals surface area contributed by atoms with E-state index in [0.717, 1.165) is 36.1 Å². The second-order valence-corrected chi connectivity index (χ2v) is 16.1. The summed E-state index contributed by atoms with van der Waals surface area (Å²) in [4.78, 5) is 74.7. The number of amides is 5. The van der Waals surface area contributed by atoms with Crippen LogP contribution in [0, 0.1) is 5.92 Å². The number of oxazole rings is 1. The number of benzene rings is 2. The highest BCUT2D eigenvalue weighted by Gasteiger charge is 2.39. The number of hydrogen-bond acceptors (Lipinski definition) is 13. The van der Waals surface area contributed by atoms with Crippen molar-refractivity contribution in [2.75, 3.05) is 57.2 Å². The Morgan fingerprint density at radius 1 is 0.984 bits per heavy atom. The zero-order valence-corrected chi connectivity index (χ0v) is 35.0. The van der Waals surface area contributed by atoms with Crippen LogP contribution in [0.4, 0.5) is 11.5 Å². The van der Waals surface area contributed by atoms with E-state index in [2.05, 4.69) is 35.9 Å². The number of likely N-dealkylation sites (N-methyl/N-ethyl adjacent to an activating group) is 1. The number of piperidine rings is 1. The number of nitrogens with one attached hydrogen (secondary N) is 3. The minimum atomic E-state index is -0.796. The van der Waals surface area contributed by atoms with Crippen LogP contribution in [0.3, 0.4) is 0 Å². The van der Waals surface area contributed by atoms with E-state index in [4.69, 9.17) is 19.6 Å². The van der Waals surface area contributed by atoms with E-state index in [-0.39, 0.29) is 41.2 Å².